The fraction of sp³-hybridized carbons (Fsp3) is 0.381. The summed E-state index contributed by atoms with van der Waals surface area (Å²) in [6, 6.07) is 7.04. The van der Waals surface area contributed by atoms with Crippen molar-refractivity contribution < 1.29 is 9.13 Å². The van der Waals surface area contributed by atoms with Crippen molar-refractivity contribution in [3.8, 4) is 0 Å². The van der Waals surface area contributed by atoms with Crippen LogP contribution < -0.4 is 16.0 Å². The Balaban J connectivity index is 0.00000272. The summed E-state index contributed by atoms with van der Waals surface area (Å²) in [6.45, 7) is 5.56. The minimum Gasteiger partial charge on any atom is -0.381 e. The van der Waals surface area contributed by atoms with E-state index >= 15 is 0 Å². The van der Waals surface area contributed by atoms with E-state index in [1.165, 1.54) is 6.07 Å². The molecule has 1 aliphatic heterocycles. The first-order valence-electron chi connectivity index (χ1n) is 10.2. The number of nitrogens with one attached hydrogen (secondary N) is 2. The Morgan fingerprint density at radius 1 is 1.26 bits per heavy atom. The molecule has 31 heavy (non-hydrogen) atoms. The van der Waals surface area contributed by atoms with Gasteiger partial charge >= 0.3 is 0 Å². The number of H-pyrrole nitrogens is 1. The largest absolute Gasteiger partial charge is 0.381 e. The molecular weight excluding hydrogens is 421 g/mol. The molecule has 2 aromatic heterocycles. The molecule has 0 amide bonds. The van der Waals surface area contributed by atoms with E-state index in [1.54, 1.807) is 6.07 Å². The predicted molar refractivity (Wildman–Crippen MR) is 124 cm³/mol. The standard InChI is InChI=1S/C21H26FN7O.ClH/c1-2-14(23)13-24-20-11-16-18(26-27-19(16)12-17(20)22)5-3-15-4-6-21(28-25-15)29-7-9-30-10-8-29;/h3-6,11-12,14,24H,2,7-10,13,23H2,1H3,(H,26,27);1H/b5-3+;/t14-;/m0./s1. The van der Waals surface area contributed by atoms with Gasteiger partial charge in [-0.2, -0.15) is 5.10 Å². The van der Waals surface area contributed by atoms with Crippen LogP contribution in [0.4, 0.5) is 15.9 Å². The Labute approximate surface area is 186 Å². The van der Waals surface area contributed by atoms with Gasteiger partial charge in [-0.05, 0) is 36.8 Å². The lowest BCUT2D eigenvalue weighted by Gasteiger charge is -2.27. The lowest BCUT2D eigenvalue weighted by atomic mass is 10.1. The number of aromatic amines is 1. The molecule has 1 fully saturated rings. The molecule has 0 saturated carbocycles. The maximum absolute atomic E-state index is 14.3. The number of nitrogens with zero attached hydrogens (tertiary/aromatic N) is 4. The molecular formula is C21H27ClFN7O. The molecule has 1 atom stereocenters. The van der Waals surface area contributed by atoms with Crippen molar-refractivity contribution in [3.05, 3.63) is 41.5 Å². The van der Waals surface area contributed by atoms with E-state index in [9.17, 15) is 4.39 Å². The monoisotopic (exact) mass is 447 g/mol. The highest BCUT2D eigenvalue weighted by molar-refractivity contribution is 5.91. The van der Waals surface area contributed by atoms with E-state index in [0.717, 1.165) is 36.4 Å². The van der Waals surface area contributed by atoms with Crippen molar-refractivity contribution in [2.24, 2.45) is 5.73 Å². The van der Waals surface area contributed by atoms with Crippen LogP contribution in [0.15, 0.2) is 24.3 Å². The summed E-state index contributed by atoms with van der Waals surface area (Å²) in [5.74, 6) is 0.506. The summed E-state index contributed by atoms with van der Waals surface area (Å²) in [6.07, 6.45) is 4.51. The molecule has 1 aliphatic rings. The van der Waals surface area contributed by atoms with Crippen molar-refractivity contribution in [2.45, 2.75) is 19.4 Å². The summed E-state index contributed by atoms with van der Waals surface area (Å²) in [5, 5.41) is 19.7. The van der Waals surface area contributed by atoms with Crippen LogP contribution in [0, 0.1) is 5.82 Å². The highest BCUT2D eigenvalue weighted by Crippen LogP contribution is 2.25. The minimum atomic E-state index is -0.338. The van der Waals surface area contributed by atoms with Crippen LogP contribution >= 0.6 is 12.4 Å². The summed E-state index contributed by atoms with van der Waals surface area (Å²) in [7, 11) is 0. The predicted octanol–water partition coefficient (Wildman–Crippen LogP) is 3.07. The lowest BCUT2D eigenvalue weighted by Crippen LogP contribution is -2.36. The van der Waals surface area contributed by atoms with E-state index in [1.807, 2.05) is 31.2 Å². The molecule has 1 saturated heterocycles. The second-order valence-corrected chi connectivity index (χ2v) is 7.28. The van der Waals surface area contributed by atoms with Gasteiger partial charge in [0.25, 0.3) is 0 Å². The number of morpholine rings is 1. The third-order valence-electron chi connectivity index (χ3n) is 5.18. The third kappa shape index (κ3) is 5.49. The van der Waals surface area contributed by atoms with Crippen LogP contribution in [-0.2, 0) is 4.74 Å². The Kier molecular flexibility index (Phi) is 7.78. The Hall–Kier alpha value is -2.75. The zero-order chi connectivity index (χ0) is 20.9. The third-order valence-corrected chi connectivity index (χ3v) is 5.18. The van der Waals surface area contributed by atoms with Gasteiger partial charge in [0.15, 0.2) is 5.82 Å². The number of rotatable bonds is 7. The highest BCUT2D eigenvalue weighted by atomic mass is 35.5. The van der Waals surface area contributed by atoms with Gasteiger partial charge in [-0.3, -0.25) is 5.10 Å². The van der Waals surface area contributed by atoms with Crippen molar-refractivity contribution in [1.29, 1.82) is 0 Å². The number of halogens is 2. The van der Waals surface area contributed by atoms with E-state index in [-0.39, 0.29) is 24.3 Å². The fourth-order valence-electron chi connectivity index (χ4n) is 3.26. The molecule has 4 N–H and O–H groups in total. The highest BCUT2D eigenvalue weighted by Gasteiger charge is 2.13. The number of ether oxygens (including phenoxy) is 1. The van der Waals surface area contributed by atoms with E-state index in [4.69, 9.17) is 10.5 Å². The van der Waals surface area contributed by atoms with Gasteiger partial charge < -0.3 is 20.7 Å². The minimum absolute atomic E-state index is 0. The molecule has 0 radical (unpaired) electrons. The summed E-state index contributed by atoms with van der Waals surface area (Å²) >= 11 is 0. The van der Waals surface area contributed by atoms with Crippen LogP contribution in [0.2, 0.25) is 0 Å². The van der Waals surface area contributed by atoms with Crippen LogP contribution in [-0.4, -0.2) is 59.3 Å². The summed E-state index contributed by atoms with van der Waals surface area (Å²) in [4.78, 5) is 2.15. The fourth-order valence-corrected chi connectivity index (χ4v) is 3.26. The second-order valence-electron chi connectivity index (χ2n) is 7.28. The molecule has 0 unspecified atom stereocenters. The van der Waals surface area contributed by atoms with Crippen LogP contribution in [0.25, 0.3) is 23.1 Å². The molecule has 3 aromatic rings. The van der Waals surface area contributed by atoms with E-state index < -0.39 is 0 Å². The zero-order valence-corrected chi connectivity index (χ0v) is 18.2. The number of aromatic nitrogens is 4. The molecule has 0 spiro atoms. The van der Waals surface area contributed by atoms with Crippen molar-refractivity contribution in [1.82, 2.24) is 20.4 Å². The molecule has 8 nitrogen and oxygen atoms in total. The maximum Gasteiger partial charge on any atom is 0.151 e. The lowest BCUT2D eigenvalue weighted by molar-refractivity contribution is 0.122. The van der Waals surface area contributed by atoms with Gasteiger partial charge in [0.2, 0.25) is 0 Å². The average Bonchev–Trinajstić information content (AvgIpc) is 3.18. The smallest absolute Gasteiger partial charge is 0.151 e. The van der Waals surface area contributed by atoms with Crippen molar-refractivity contribution >= 4 is 47.0 Å². The first-order valence-corrected chi connectivity index (χ1v) is 10.2. The number of hydrogen-bond acceptors (Lipinski definition) is 7. The molecule has 3 heterocycles. The Bertz CT molecular complexity index is 1020. The number of nitrogens with two attached hydrogens (primary N) is 1. The summed E-state index contributed by atoms with van der Waals surface area (Å²) in [5.41, 5.74) is 8.39. The van der Waals surface area contributed by atoms with Gasteiger partial charge in [-0.25, -0.2) is 4.39 Å². The zero-order valence-electron chi connectivity index (χ0n) is 17.3. The Morgan fingerprint density at radius 2 is 2.06 bits per heavy atom. The topological polar surface area (TPSA) is 105 Å². The van der Waals surface area contributed by atoms with Crippen molar-refractivity contribution in [2.75, 3.05) is 43.1 Å². The molecule has 0 bridgehead atoms. The van der Waals surface area contributed by atoms with E-state index in [2.05, 4.69) is 30.6 Å². The van der Waals surface area contributed by atoms with Gasteiger partial charge in [0.1, 0.15) is 5.82 Å². The van der Waals surface area contributed by atoms with Gasteiger partial charge in [0, 0.05) is 37.1 Å². The van der Waals surface area contributed by atoms with Crippen molar-refractivity contribution in [3.63, 3.8) is 0 Å². The quantitative estimate of drug-likeness (QED) is 0.511. The SMILES string of the molecule is CC[C@H](N)CNc1cc2c(/C=C/c3ccc(N4CCOCC4)nn3)n[nH]c2cc1F.Cl. The van der Waals surface area contributed by atoms with E-state index in [0.29, 0.717) is 36.7 Å². The molecule has 4 rings (SSSR count). The molecule has 1 aromatic carbocycles. The summed E-state index contributed by atoms with van der Waals surface area (Å²) < 4.78 is 19.7. The first-order chi connectivity index (χ1) is 14.6. The number of hydrogen-bond donors (Lipinski definition) is 3. The van der Waals surface area contributed by atoms with Gasteiger partial charge in [-0.15, -0.1) is 22.6 Å². The first kappa shape index (κ1) is 22.9. The molecule has 10 heteroatoms. The normalized spacial score (nSPS) is 15.3. The van der Waals surface area contributed by atoms with Gasteiger partial charge in [-0.1, -0.05) is 6.92 Å². The maximum atomic E-state index is 14.3. The van der Waals surface area contributed by atoms with Crippen LogP contribution in [0.5, 0.6) is 0 Å². The Morgan fingerprint density at radius 3 is 2.77 bits per heavy atom. The number of benzene rings is 1. The average molecular weight is 448 g/mol. The number of anilines is 2. The van der Waals surface area contributed by atoms with Crippen LogP contribution in [0.3, 0.4) is 0 Å². The number of fused-ring (bicyclic) bond motifs is 1. The second kappa shape index (κ2) is 10.5. The van der Waals surface area contributed by atoms with Gasteiger partial charge in [0.05, 0.1) is 35.8 Å². The molecule has 0 aliphatic carbocycles. The molecule has 166 valence electrons. The van der Waals surface area contributed by atoms with Crippen LogP contribution in [0.1, 0.15) is 24.7 Å².